The summed E-state index contributed by atoms with van der Waals surface area (Å²) >= 11 is 1.22. The number of nitrogens with two attached hydrogens (primary N) is 1. The molecule has 0 unspecified atom stereocenters. The highest BCUT2D eigenvalue weighted by Crippen LogP contribution is 2.18. The van der Waals surface area contributed by atoms with E-state index < -0.39 is 0 Å². The van der Waals surface area contributed by atoms with E-state index in [0.29, 0.717) is 10.7 Å². The molecular weight excluding hydrogens is 350 g/mol. The number of anilines is 1. The lowest BCUT2D eigenvalue weighted by Crippen LogP contribution is -2.14. The molecule has 0 atom stereocenters. The Balaban J connectivity index is 1.57. The van der Waals surface area contributed by atoms with E-state index in [1.165, 1.54) is 16.4 Å². The molecule has 0 aliphatic carbocycles. The Morgan fingerprint density at radius 1 is 1.31 bits per heavy atom. The number of carbonyl (C=O) groups excluding carboxylic acids is 1. The van der Waals surface area contributed by atoms with Crippen molar-refractivity contribution in [3.63, 3.8) is 0 Å². The average Bonchev–Trinajstić information content (AvgIpc) is 3.01. The molecule has 0 spiro atoms. The Kier molecular flexibility index (Phi) is 5.59. The van der Waals surface area contributed by atoms with Gasteiger partial charge in [-0.1, -0.05) is 47.7 Å². The van der Waals surface area contributed by atoms with Crippen LogP contribution >= 0.6 is 11.8 Å². The fourth-order valence-corrected chi connectivity index (χ4v) is 2.77. The van der Waals surface area contributed by atoms with Crippen LogP contribution in [-0.4, -0.2) is 37.6 Å². The number of ketones is 1. The van der Waals surface area contributed by atoms with Crippen molar-refractivity contribution in [1.82, 2.24) is 19.9 Å². The Morgan fingerprint density at radius 3 is 2.85 bits per heavy atom. The number of nitrogens with zero attached hydrogens (tertiary/aromatic N) is 5. The number of pyridine rings is 1. The van der Waals surface area contributed by atoms with Gasteiger partial charge in [-0.15, -0.1) is 10.2 Å². The highest BCUT2D eigenvalue weighted by molar-refractivity contribution is 7.99. The summed E-state index contributed by atoms with van der Waals surface area (Å²) in [6, 6.07) is 11.1. The number of aryl methyl sites for hydroxylation is 1. The number of carbonyl (C=O) groups is 1. The van der Waals surface area contributed by atoms with E-state index in [0.717, 1.165) is 11.1 Å². The summed E-state index contributed by atoms with van der Waals surface area (Å²) in [5.74, 6) is 6.43. The third kappa shape index (κ3) is 4.45. The van der Waals surface area contributed by atoms with Gasteiger partial charge in [0, 0.05) is 23.5 Å². The maximum atomic E-state index is 12.2. The Morgan fingerprint density at radius 2 is 2.12 bits per heavy atom. The monoisotopic (exact) mass is 367 g/mol. The number of thioether (sulfide) groups is 1. The molecule has 132 valence electrons. The first kappa shape index (κ1) is 17.6. The lowest BCUT2D eigenvalue weighted by atomic mass is 10.1. The van der Waals surface area contributed by atoms with Crippen molar-refractivity contribution in [3.05, 3.63) is 65.5 Å². The van der Waals surface area contributed by atoms with Crippen molar-refractivity contribution in [3.8, 4) is 0 Å². The van der Waals surface area contributed by atoms with E-state index in [-0.39, 0.29) is 17.5 Å². The van der Waals surface area contributed by atoms with Crippen molar-refractivity contribution in [2.75, 3.05) is 17.0 Å². The summed E-state index contributed by atoms with van der Waals surface area (Å²) in [6.07, 6.45) is 4.95. The highest BCUT2D eigenvalue weighted by Gasteiger charge is 2.13. The molecule has 1 aromatic carbocycles. The van der Waals surface area contributed by atoms with Gasteiger partial charge in [0.1, 0.15) is 0 Å². The first-order valence-corrected chi connectivity index (χ1v) is 8.74. The number of aromatic nitrogens is 4. The van der Waals surface area contributed by atoms with Gasteiger partial charge in [-0.3, -0.25) is 9.78 Å². The molecule has 0 bridgehead atoms. The van der Waals surface area contributed by atoms with Crippen molar-refractivity contribution in [1.29, 1.82) is 0 Å². The molecule has 0 aliphatic heterocycles. The fourth-order valence-electron chi connectivity index (χ4n) is 2.02. The van der Waals surface area contributed by atoms with Gasteiger partial charge in [-0.05, 0) is 13.0 Å². The first-order valence-electron chi connectivity index (χ1n) is 7.76. The molecule has 2 aromatic heterocycles. The van der Waals surface area contributed by atoms with Gasteiger partial charge in [0.2, 0.25) is 5.16 Å². The van der Waals surface area contributed by atoms with Gasteiger partial charge in [0.05, 0.1) is 12.0 Å². The van der Waals surface area contributed by atoms with Crippen LogP contribution in [0.3, 0.4) is 0 Å². The summed E-state index contributed by atoms with van der Waals surface area (Å²) in [5.41, 5.74) is 5.32. The molecule has 8 nitrogen and oxygen atoms in total. The second-order valence-corrected chi connectivity index (χ2v) is 6.35. The second kappa shape index (κ2) is 8.26. The predicted molar refractivity (Wildman–Crippen MR) is 102 cm³/mol. The zero-order valence-corrected chi connectivity index (χ0v) is 14.8. The minimum Gasteiger partial charge on any atom is -0.334 e. The van der Waals surface area contributed by atoms with Crippen LogP contribution < -0.4 is 11.3 Å². The standard InChI is InChI=1S/C17H17N7OS/c1-12-4-6-14(7-5-12)15(25)11-26-17-23-22-16(24(17)18)21-20-10-13-3-2-8-19-9-13/h2-10H,11,18H2,1H3,(H,21,22)/b20-10+. The van der Waals surface area contributed by atoms with Crippen LogP contribution in [0.15, 0.2) is 59.0 Å². The minimum atomic E-state index is 0.00195. The zero-order chi connectivity index (χ0) is 18.4. The number of nitrogen functional groups attached to an aromatic ring is 1. The maximum absolute atomic E-state index is 12.2. The number of hydrogen-bond acceptors (Lipinski definition) is 8. The molecule has 0 radical (unpaired) electrons. The molecule has 26 heavy (non-hydrogen) atoms. The minimum absolute atomic E-state index is 0.00195. The SMILES string of the molecule is Cc1ccc(C(=O)CSc2nnc(N/N=C/c3cccnc3)n2N)cc1. The summed E-state index contributed by atoms with van der Waals surface area (Å²) in [6.45, 7) is 1.98. The van der Waals surface area contributed by atoms with E-state index in [2.05, 4.69) is 25.7 Å². The van der Waals surface area contributed by atoms with Gasteiger partial charge in [-0.2, -0.15) is 5.10 Å². The number of hydrazone groups is 1. The van der Waals surface area contributed by atoms with Crippen LogP contribution in [0.4, 0.5) is 5.95 Å². The lowest BCUT2D eigenvalue weighted by molar-refractivity contribution is 0.102. The van der Waals surface area contributed by atoms with Gasteiger partial charge in [0.25, 0.3) is 5.95 Å². The van der Waals surface area contributed by atoms with Crippen molar-refractivity contribution < 1.29 is 4.79 Å². The maximum Gasteiger partial charge on any atom is 0.264 e. The molecule has 0 saturated heterocycles. The van der Waals surface area contributed by atoms with Crippen molar-refractivity contribution in [2.45, 2.75) is 12.1 Å². The van der Waals surface area contributed by atoms with Crippen molar-refractivity contribution in [2.24, 2.45) is 5.10 Å². The van der Waals surface area contributed by atoms with Gasteiger partial charge in [0.15, 0.2) is 5.78 Å². The van der Waals surface area contributed by atoms with E-state index in [1.807, 2.05) is 43.3 Å². The second-order valence-electron chi connectivity index (χ2n) is 5.41. The van der Waals surface area contributed by atoms with Crippen LogP contribution in [0.5, 0.6) is 0 Å². The first-order chi connectivity index (χ1) is 12.6. The third-order valence-electron chi connectivity index (χ3n) is 3.43. The summed E-state index contributed by atoms with van der Waals surface area (Å²) in [7, 11) is 0. The summed E-state index contributed by atoms with van der Waals surface area (Å²) in [5, 5.41) is 12.4. The molecule has 0 amide bonds. The lowest BCUT2D eigenvalue weighted by Gasteiger charge is -2.03. The quantitative estimate of drug-likeness (QED) is 0.216. The number of nitrogens with one attached hydrogen (secondary N) is 1. The molecule has 3 aromatic rings. The van der Waals surface area contributed by atoms with Crippen LogP contribution in [0.1, 0.15) is 21.5 Å². The zero-order valence-electron chi connectivity index (χ0n) is 14.0. The topological polar surface area (TPSA) is 111 Å². The number of benzene rings is 1. The molecule has 3 rings (SSSR count). The molecule has 0 saturated carbocycles. The van der Waals surface area contributed by atoms with Crippen LogP contribution in [-0.2, 0) is 0 Å². The number of Topliss-reactive ketones (excluding diaryl/α,β-unsaturated/α-hetero) is 1. The Labute approximate surface area is 154 Å². The van der Waals surface area contributed by atoms with Crippen LogP contribution in [0.25, 0.3) is 0 Å². The third-order valence-corrected chi connectivity index (χ3v) is 4.38. The largest absolute Gasteiger partial charge is 0.334 e. The average molecular weight is 367 g/mol. The van der Waals surface area contributed by atoms with Crippen LogP contribution in [0, 0.1) is 6.92 Å². The molecule has 3 N–H and O–H groups in total. The fraction of sp³-hybridized carbons (Fsp3) is 0.118. The molecule has 9 heteroatoms. The Hall–Kier alpha value is -3.20. The Bertz CT molecular complexity index is 907. The van der Waals surface area contributed by atoms with Gasteiger partial charge >= 0.3 is 0 Å². The number of rotatable bonds is 7. The van der Waals surface area contributed by atoms with Gasteiger partial charge < -0.3 is 5.84 Å². The van der Waals surface area contributed by atoms with E-state index in [9.17, 15) is 4.79 Å². The number of hydrogen-bond donors (Lipinski definition) is 2. The molecular formula is C17H17N7OS. The summed E-state index contributed by atoms with van der Waals surface area (Å²) in [4.78, 5) is 16.2. The van der Waals surface area contributed by atoms with Crippen molar-refractivity contribution >= 4 is 29.7 Å². The predicted octanol–water partition coefficient (Wildman–Crippen LogP) is 2.12. The normalized spacial score (nSPS) is 11.0. The van der Waals surface area contributed by atoms with E-state index in [4.69, 9.17) is 5.84 Å². The smallest absolute Gasteiger partial charge is 0.264 e. The van der Waals surface area contributed by atoms with E-state index in [1.54, 1.807) is 18.6 Å². The molecule has 0 aliphatic rings. The molecule has 0 fully saturated rings. The van der Waals surface area contributed by atoms with Crippen LogP contribution in [0.2, 0.25) is 0 Å². The van der Waals surface area contributed by atoms with E-state index >= 15 is 0 Å². The highest BCUT2D eigenvalue weighted by atomic mass is 32.2. The molecule has 2 heterocycles. The van der Waals surface area contributed by atoms with Gasteiger partial charge in [-0.25, -0.2) is 10.1 Å². The summed E-state index contributed by atoms with van der Waals surface area (Å²) < 4.78 is 1.26.